The van der Waals surface area contributed by atoms with Gasteiger partial charge in [0.15, 0.2) is 5.60 Å². The lowest BCUT2D eigenvalue weighted by molar-refractivity contribution is -0.134. The molecule has 1 N–H and O–H groups in total. The van der Waals surface area contributed by atoms with Crippen molar-refractivity contribution >= 4 is 16.8 Å². The third-order valence-electron chi connectivity index (χ3n) is 5.35. The minimum Gasteiger partial charge on any atom is -0.460 e. The van der Waals surface area contributed by atoms with Crippen LogP contribution < -0.4 is 10.1 Å². The third-order valence-corrected chi connectivity index (χ3v) is 5.35. The molecule has 0 bridgehead atoms. The summed E-state index contributed by atoms with van der Waals surface area (Å²) in [6, 6.07) is 6.13. The highest BCUT2D eigenvalue weighted by molar-refractivity contribution is 5.88. The molecule has 0 unspecified atom stereocenters. The van der Waals surface area contributed by atoms with Gasteiger partial charge in [0, 0.05) is 39.1 Å². The van der Waals surface area contributed by atoms with Gasteiger partial charge in [0.1, 0.15) is 0 Å². The fraction of sp³-hybridized carbons (Fsp3) is 0.542. The van der Waals surface area contributed by atoms with Crippen LogP contribution in [0.15, 0.2) is 36.9 Å². The molecule has 0 saturated heterocycles. The zero-order chi connectivity index (χ0) is 23.1. The number of aryl methyl sites for hydroxylation is 2. The number of ether oxygens (including phenoxy) is 2. The largest absolute Gasteiger partial charge is 0.460 e. The van der Waals surface area contributed by atoms with E-state index in [-0.39, 0.29) is 5.91 Å². The standard InChI is InChI=1S/C24H35N5O3/c1-18(2)9-13-29-21-8-7-19(16-31-5)15-20(21)22(27-29)32-24(3,4)23(30)26-10-6-12-28-14-11-25-17-28/h7-8,11,14-15,17-18H,6,9-10,12-13,16H2,1-5H3,(H,26,30). The quantitative estimate of drug-likeness (QED) is 0.433. The lowest BCUT2D eigenvalue weighted by Crippen LogP contribution is -2.47. The summed E-state index contributed by atoms with van der Waals surface area (Å²) in [6.45, 7) is 10.6. The van der Waals surface area contributed by atoms with Gasteiger partial charge in [-0.15, -0.1) is 5.10 Å². The first-order chi connectivity index (χ1) is 15.3. The van der Waals surface area contributed by atoms with Gasteiger partial charge in [0.2, 0.25) is 5.88 Å². The Kier molecular flexibility index (Phi) is 7.90. The number of carbonyl (C=O) groups excluding carboxylic acids is 1. The fourth-order valence-electron chi connectivity index (χ4n) is 3.46. The Balaban J connectivity index is 1.72. The molecule has 0 saturated carbocycles. The highest BCUT2D eigenvalue weighted by Crippen LogP contribution is 2.30. The van der Waals surface area contributed by atoms with Crippen molar-refractivity contribution in [3.8, 4) is 5.88 Å². The topological polar surface area (TPSA) is 83.2 Å². The molecule has 2 aromatic heterocycles. The van der Waals surface area contributed by atoms with Crippen LogP contribution in [-0.4, -0.2) is 44.5 Å². The maximum absolute atomic E-state index is 12.8. The van der Waals surface area contributed by atoms with Gasteiger partial charge < -0.3 is 19.4 Å². The average molecular weight is 442 g/mol. The fourth-order valence-corrected chi connectivity index (χ4v) is 3.46. The maximum atomic E-state index is 12.8. The molecule has 0 aliphatic carbocycles. The summed E-state index contributed by atoms with van der Waals surface area (Å²) in [5.74, 6) is 0.872. The summed E-state index contributed by atoms with van der Waals surface area (Å²) < 4.78 is 15.4. The Morgan fingerprint density at radius 2 is 2.06 bits per heavy atom. The number of amides is 1. The second-order valence-electron chi connectivity index (χ2n) is 9.02. The second kappa shape index (κ2) is 10.6. The van der Waals surface area contributed by atoms with Crippen molar-refractivity contribution in [3.05, 3.63) is 42.5 Å². The van der Waals surface area contributed by atoms with Crippen LogP contribution >= 0.6 is 0 Å². The van der Waals surface area contributed by atoms with Crippen molar-refractivity contribution < 1.29 is 14.3 Å². The summed E-state index contributed by atoms with van der Waals surface area (Å²) in [5, 5.41) is 8.60. The van der Waals surface area contributed by atoms with Crippen LogP contribution in [0.5, 0.6) is 5.88 Å². The number of hydrogen-bond acceptors (Lipinski definition) is 5. The molecule has 8 nitrogen and oxygen atoms in total. The molecule has 1 amide bonds. The first-order valence-electron chi connectivity index (χ1n) is 11.2. The highest BCUT2D eigenvalue weighted by Gasteiger charge is 2.31. The van der Waals surface area contributed by atoms with Gasteiger partial charge in [-0.1, -0.05) is 19.9 Å². The number of aromatic nitrogens is 4. The number of methoxy groups -OCH3 is 1. The zero-order valence-corrected chi connectivity index (χ0v) is 19.8. The van der Waals surface area contributed by atoms with E-state index in [1.807, 2.05) is 33.6 Å². The van der Waals surface area contributed by atoms with Gasteiger partial charge in [0.05, 0.1) is 23.8 Å². The van der Waals surface area contributed by atoms with Gasteiger partial charge >= 0.3 is 0 Å². The molecule has 0 radical (unpaired) electrons. The monoisotopic (exact) mass is 441 g/mol. The van der Waals surface area contributed by atoms with Gasteiger partial charge in [0.25, 0.3) is 5.91 Å². The smallest absolute Gasteiger partial charge is 0.263 e. The Hall–Kier alpha value is -2.87. The Morgan fingerprint density at radius 3 is 2.75 bits per heavy atom. The lowest BCUT2D eigenvalue weighted by Gasteiger charge is -2.24. The number of nitrogens with zero attached hydrogens (tertiary/aromatic N) is 4. The molecule has 174 valence electrons. The van der Waals surface area contributed by atoms with Crippen molar-refractivity contribution in [2.45, 2.75) is 65.8 Å². The van der Waals surface area contributed by atoms with Crippen molar-refractivity contribution in [2.75, 3.05) is 13.7 Å². The molecule has 1 aromatic carbocycles. The molecule has 3 rings (SSSR count). The second-order valence-corrected chi connectivity index (χ2v) is 9.02. The summed E-state index contributed by atoms with van der Waals surface area (Å²) in [4.78, 5) is 16.9. The molecule has 0 fully saturated rings. The van der Waals surface area contributed by atoms with E-state index in [1.165, 1.54) is 0 Å². The van der Waals surface area contributed by atoms with Gasteiger partial charge in [-0.25, -0.2) is 4.98 Å². The maximum Gasteiger partial charge on any atom is 0.263 e. The normalized spacial score (nSPS) is 11.9. The molecular weight excluding hydrogens is 406 g/mol. The van der Waals surface area contributed by atoms with E-state index < -0.39 is 5.60 Å². The van der Waals surface area contributed by atoms with Crippen molar-refractivity contribution in [2.24, 2.45) is 5.92 Å². The Bertz CT molecular complexity index is 1010. The lowest BCUT2D eigenvalue weighted by atomic mass is 10.1. The number of hydrogen-bond donors (Lipinski definition) is 1. The van der Waals surface area contributed by atoms with Crippen molar-refractivity contribution in [1.82, 2.24) is 24.6 Å². The van der Waals surface area contributed by atoms with Crippen LogP contribution in [0.4, 0.5) is 0 Å². The van der Waals surface area contributed by atoms with Crippen molar-refractivity contribution in [3.63, 3.8) is 0 Å². The molecule has 0 atom stereocenters. The van der Waals surface area contributed by atoms with Crippen LogP contribution in [0.25, 0.3) is 10.9 Å². The van der Waals surface area contributed by atoms with E-state index in [0.717, 1.165) is 42.4 Å². The number of carbonyl (C=O) groups is 1. The molecular formula is C24H35N5O3. The predicted octanol–water partition coefficient (Wildman–Crippen LogP) is 3.79. The summed E-state index contributed by atoms with van der Waals surface area (Å²) in [6.07, 6.45) is 7.25. The molecule has 0 spiro atoms. The van der Waals surface area contributed by atoms with Crippen LogP contribution in [0.3, 0.4) is 0 Å². The van der Waals surface area contributed by atoms with Gasteiger partial charge in [-0.05, 0) is 50.3 Å². The van der Waals surface area contributed by atoms with Gasteiger partial charge in [-0.2, -0.15) is 0 Å². The first kappa shape index (κ1) is 23.8. The number of benzene rings is 1. The molecule has 2 heterocycles. The van der Waals surface area contributed by atoms with E-state index in [2.05, 4.69) is 24.1 Å². The van der Waals surface area contributed by atoms with Crippen LogP contribution in [0.2, 0.25) is 0 Å². The predicted molar refractivity (Wildman–Crippen MR) is 124 cm³/mol. The van der Waals surface area contributed by atoms with Crippen molar-refractivity contribution in [1.29, 1.82) is 0 Å². The number of fused-ring (bicyclic) bond motifs is 1. The SMILES string of the molecule is COCc1ccc2c(c1)c(OC(C)(C)C(=O)NCCCn1ccnc1)nn2CCC(C)C. The average Bonchev–Trinajstić information content (AvgIpc) is 3.37. The zero-order valence-electron chi connectivity index (χ0n) is 19.8. The third kappa shape index (κ3) is 6.09. The van der Waals surface area contributed by atoms with Crippen LogP contribution in [0.1, 0.15) is 46.1 Å². The summed E-state index contributed by atoms with van der Waals surface area (Å²) in [5.41, 5.74) is 0.975. The highest BCUT2D eigenvalue weighted by atomic mass is 16.5. The Morgan fingerprint density at radius 1 is 1.25 bits per heavy atom. The molecule has 3 aromatic rings. The number of imidazole rings is 1. The number of nitrogens with one attached hydrogen (secondary N) is 1. The van der Waals surface area contributed by atoms with E-state index >= 15 is 0 Å². The van der Waals surface area contributed by atoms with Gasteiger partial charge in [-0.3, -0.25) is 9.48 Å². The van der Waals surface area contributed by atoms with E-state index in [9.17, 15) is 4.79 Å². The Labute approximate surface area is 189 Å². The van der Waals surface area contributed by atoms with E-state index in [1.54, 1.807) is 33.5 Å². The van der Waals surface area contributed by atoms with Crippen LogP contribution in [-0.2, 0) is 29.2 Å². The minimum atomic E-state index is -1.06. The van der Waals surface area contributed by atoms with E-state index in [0.29, 0.717) is 24.9 Å². The molecule has 0 aliphatic rings. The summed E-state index contributed by atoms with van der Waals surface area (Å²) >= 11 is 0. The molecule has 0 aliphatic heterocycles. The van der Waals surface area contributed by atoms with Crippen LogP contribution in [0, 0.1) is 5.92 Å². The number of rotatable bonds is 12. The molecule has 8 heteroatoms. The first-order valence-corrected chi connectivity index (χ1v) is 11.2. The summed E-state index contributed by atoms with van der Waals surface area (Å²) in [7, 11) is 1.67. The molecule has 32 heavy (non-hydrogen) atoms. The van der Waals surface area contributed by atoms with E-state index in [4.69, 9.17) is 14.6 Å². The minimum absolute atomic E-state index is 0.166.